The lowest BCUT2D eigenvalue weighted by Crippen LogP contribution is -2.28. The zero-order valence-electron chi connectivity index (χ0n) is 12.2. The maximum atomic E-state index is 11.6. The van der Waals surface area contributed by atoms with E-state index < -0.39 is 0 Å². The smallest absolute Gasteiger partial charge is 0.242 e. The average Bonchev–Trinajstić information content (AvgIpc) is 2.99. The van der Waals surface area contributed by atoms with Gasteiger partial charge in [0, 0.05) is 5.69 Å². The molecule has 118 valence electrons. The summed E-state index contributed by atoms with van der Waals surface area (Å²) < 4.78 is 5.11. The molecular weight excluding hydrogens is 395 g/mol. The van der Waals surface area contributed by atoms with Crippen LogP contribution in [-0.4, -0.2) is 18.4 Å². The summed E-state index contributed by atoms with van der Waals surface area (Å²) in [6, 6.07) is 11.3. The maximum Gasteiger partial charge on any atom is 0.242 e. The van der Waals surface area contributed by atoms with E-state index in [1.54, 1.807) is 18.4 Å². The summed E-state index contributed by atoms with van der Waals surface area (Å²) >= 11 is 0. The Kier molecular flexibility index (Phi) is 7.44. The van der Waals surface area contributed by atoms with Gasteiger partial charge in [-0.3, -0.25) is 4.79 Å². The second-order valence-electron chi connectivity index (χ2n) is 4.55. The van der Waals surface area contributed by atoms with E-state index in [1.807, 2.05) is 31.2 Å². The number of hydrogen-bond donors (Lipinski definition) is 3. The molecular formula is C15H19IN4O2. The zero-order valence-corrected chi connectivity index (χ0v) is 14.5. The zero-order chi connectivity index (χ0) is 15.1. The summed E-state index contributed by atoms with van der Waals surface area (Å²) in [5.41, 5.74) is 7.72. The number of anilines is 1. The summed E-state index contributed by atoms with van der Waals surface area (Å²) in [5.74, 6) is 0.671. The number of hydrogen-bond acceptors (Lipinski definition) is 3. The first-order valence-corrected chi connectivity index (χ1v) is 6.56. The van der Waals surface area contributed by atoms with Gasteiger partial charge >= 0.3 is 0 Å². The molecule has 0 aliphatic carbocycles. The monoisotopic (exact) mass is 414 g/mol. The number of nitrogens with two attached hydrogens (primary N) is 1. The van der Waals surface area contributed by atoms with Gasteiger partial charge in [0.15, 0.2) is 5.96 Å². The molecule has 0 spiro atoms. The standard InChI is InChI=1S/C15H18N4O2.HI/c1-11-4-6-12(7-5-11)19-15(16)18-10-14(20)17-9-13-3-2-8-21-13;/h2-8H,9-10H2,1H3,(H,17,20)(H3,16,18,19);1H. The number of aliphatic imine (C=N–C) groups is 1. The van der Waals surface area contributed by atoms with E-state index in [9.17, 15) is 4.79 Å². The van der Waals surface area contributed by atoms with Crippen LogP contribution in [0.1, 0.15) is 11.3 Å². The second-order valence-corrected chi connectivity index (χ2v) is 4.55. The Balaban J connectivity index is 0.00000242. The van der Waals surface area contributed by atoms with Crippen molar-refractivity contribution in [3.8, 4) is 0 Å². The molecule has 0 unspecified atom stereocenters. The number of furan rings is 1. The molecule has 1 aromatic carbocycles. The van der Waals surface area contributed by atoms with Crippen molar-refractivity contribution < 1.29 is 9.21 Å². The largest absolute Gasteiger partial charge is 0.467 e. The van der Waals surface area contributed by atoms with Crippen molar-refractivity contribution in [1.29, 1.82) is 0 Å². The van der Waals surface area contributed by atoms with E-state index in [-0.39, 0.29) is 42.4 Å². The molecule has 1 heterocycles. The molecule has 7 heteroatoms. The van der Waals surface area contributed by atoms with E-state index >= 15 is 0 Å². The van der Waals surface area contributed by atoms with Gasteiger partial charge in [-0.25, -0.2) is 4.99 Å². The highest BCUT2D eigenvalue weighted by atomic mass is 127. The molecule has 6 nitrogen and oxygen atoms in total. The third kappa shape index (κ3) is 6.17. The normalized spacial score (nSPS) is 10.7. The molecule has 0 aliphatic heterocycles. The molecule has 1 amide bonds. The van der Waals surface area contributed by atoms with Crippen molar-refractivity contribution in [3.05, 3.63) is 54.0 Å². The number of nitrogens with one attached hydrogen (secondary N) is 2. The highest BCUT2D eigenvalue weighted by Crippen LogP contribution is 2.07. The molecule has 1 aromatic heterocycles. The highest BCUT2D eigenvalue weighted by molar-refractivity contribution is 14.0. The van der Waals surface area contributed by atoms with Crippen LogP contribution < -0.4 is 16.4 Å². The second kappa shape index (κ2) is 9.08. The number of benzene rings is 1. The molecule has 0 fully saturated rings. The lowest BCUT2D eigenvalue weighted by molar-refractivity contribution is -0.119. The molecule has 0 radical (unpaired) electrons. The SMILES string of the molecule is Cc1ccc(NC(N)=NCC(=O)NCc2ccco2)cc1.I. The van der Waals surface area contributed by atoms with Crippen molar-refractivity contribution in [2.24, 2.45) is 10.7 Å². The fourth-order valence-electron chi connectivity index (χ4n) is 1.64. The van der Waals surface area contributed by atoms with Gasteiger partial charge in [0.1, 0.15) is 12.3 Å². The van der Waals surface area contributed by atoms with Crippen LogP contribution in [0.3, 0.4) is 0 Å². The van der Waals surface area contributed by atoms with Crippen LogP contribution in [0.25, 0.3) is 0 Å². The summed E-state index contributed by atoms with van der Waals surface area (Å²) in [5, 5.41) is 5.61. The van der Waals surface area contributed by atoms with Crippen molar-refractivity contribution in [1.82, 2.24) is 5.32 Å². The minimum absolute atomic E-state index is 0. The quantitative estimate of drug-likeness (QED) is 0.398. The molecule has 0 saturated heterocycles. The lowest BCUT2D eigenvalue weighted by Gasteiger charge is -2.06. The predicted octanol–water partition coefficient (Wildman–Crippen LogP) is 2.25. The fourth-order valence-corrected chi connectivity index (χ4v) is 1.64. The highest BCUT2D eigenvalue weighted by Gasteiger charge is 2.02. The third-order valence-electron chi connectivity index (χ3n) is 2.76. The van der Waals surface area contributed by atoms with E-state index in [4.69, 9.17) is 10.2 Å². The molecule has 0 bridgehead atoms. The first-order valence-electron chi connectivity index (χ1n) is 6.56. The van der Waals surface area contributed by atoms with Crippen LogP contribution >= 0.6 is 24.0 Å². The number of nitrogens with zero attached hydrogens (tertiary/aromatic N) is 1. The van der Waals surface area contributed by atoms with Gasteiger partial charge < -0.3 is 20.8 Å². The number of guanidine groups is 1. The van der Waals surface area contributed by atoms with Gasteiger partial charge in [0.2, 0.25) is 5.91 Å². The molecule has 0 atom stereocenters. The van der Waals surface area contributed by atoms with Crippen molar-refractivity contribution in [3.63, 3.8) is 0 Å². The van der Waals surface area contributed by atoms with E-state index in [0.717, 1.165) is 11.3 Å². The van der Waals surface area contributed by atoms with Gasteiger partial charge in [-0.1, -0.05) is 17.7 Å². The van der Waals surface area contributed by atoms with Gasteiger partial charge in [-0.15, -0.1) is 24.0 Å². The average molecular weight is 414 g/mol. The minimum atomic E-state index is -0.222. The van der Waals surface area contributed by atoms with Gasteiger partial charge in [-0.2, -0.15) is 0 Å². The number of halogens is 1. The molecule has 4 N–H and O–H groups in total. The maximum absolute atomic E-state index is 11.6. The Morgan fingerprint density at radius 3 is 2.64 bits per heavy atom. The summed E-state index contributed by atoms with van der Waals surface area (Å²) in [6.07, 6.45) is 1.56. The third-order valence-corrected chi connectivity index (χ3v) is 2.76. The molecule has 0 aliphatic rings. The summed E-state index contributed by atoms with van der Waals surface area (Å²) in [6.45, 7) is 2.31. The Hall–Kier alpha value is -2.03. The summed E-state index contributed by atoms with van der Waals surface area (Å²) in [4.78, 5) is 15.6. The topological polar surface area (TPSA) is 92.6 Å². The van der Waals surface area contributed by atoms with Crippen molar-refractivity contribution >= 4 is 41.5 Å². The van der Waals surface area contributed by atoms with Gasteiger partial charge in [0.25, 0.3) is 0 Å². The minimum Gasteiger partial charge on any atom is -0.467 e. The number of amides is 1. The Morgan fingerprint density at radius 1 is 1.27 bits per heavy atom. The number of carbonyl (C=O) groups is 1. The van der Waals surface area contributed by atoms with E-state index in [0.29, 0.717) is 12.3 Å². The van der Waals surface area contributed by atoms with Crippen LogP contribution in [0.2, 0.25) is 0 Å². The summed E-state index contributed by atoms with van der Waals surface area (Å²) in [7, 11) is 0. The van der Waals surface area contributed by atoms with Crippen LogP contribution in [0, 0.1) is 6.92 Å². The van der Waals surface area contributed by atoms with Crippen LogP contribution in [0.15, 0.2) is 52.1 Å². The predicted molar refractivity (Wildman–Crippen MR) is 97.3 cm³/mol. The molecule has 22 heavy (non-hydrogen) atoms. The Bertz CT molecular complexity index is 609. The number of aryl methyl sites for hydroxylation is 1. The van der Waals surface area contributed by atoms with E-state index in [1.165, 1.54) is 0 Å². The number of carbonyl (C=O) groups excluding carboxylic acids is 1. The molecule has 2 rings (SSSR count). The van der Waals surface area contributed by atoms with Crippen LogP contribution in [0.5, 0.6) is 0 Å². The van der Waals surface area contributed by atoms with Gasteiger partial charge in [-0.05, 0) is 31.2 Å². The lowest BCUT2D eigenvalue weighted by atomic mass is 10.2. The Labute approximate surface area is 146 Å². The molecule has 0 saturated carbocycles. The van der Waals surface area contributed by atoms with Crippen LogP contribution in [-0.2, 0) is 11.3 Å². The first kappa shape index (κ1) is 18.0. The molecule has 2 aromatic rings. The van der Waals surface area contributed by atoms with Gasteiger partial charge in [0.05, 0.1) is 12.8 Å². The number of rotatable bonds is 5. The van der Waals surface area contributed by atoms with Crippen LogP contribution in [0.4, 0.5) is 5.69 Å². The van der Waals surface area contributed by atoms with E-state index in [2.05, 4.69) is 15.6 Å². The van der Waals surface area contributed by atoms with Crippen molar-refractivity contribution in [2.45, 2.75) is 13.5 Å². The van der Waals surface area contributed by atoms with Crippen molar-refractivity contribution in [2.75, 3.05) is 11.9 Å². The Morgan fingerprint density at radius 2 is 2.00 bits per heavy atom. The first-order chi connectivity index (χ1) is 10.1. The fraction of sp³-hybridized carbons (Fsp3) is 0.200.